The quantitative estimate of drug-likeness (QED) is 0.539. The molecular weight excluding hydrogens is 130 g/mol. The van der Waals surface area contributed by atoms with Gasteiger partial charge in [-0.1, -0.05) is 0 Å². The summed E-state index contributed by atoms with van der Waals surface area (Å²) in [5.74, 6) is 0.108. The average Bonchev–Trinajstić information content (AvgIpc) is 1.88. The van der Waals surface area contributed by atoms with E-state index in [1.165, 1.54) is 0 Å². The maximum atomic E-state index is 10.6. The molecule has 0 heterocycles. The second-order valence-corrected chi connectivity index (χ2v) is 2.29. The molecule has 1 amide bonds. The summed E-state index contributed by atoms with van der Waals surface area (Å²) in [5.41, 5.74) is 0. The van der Waals surface area contributed by atoms with Crippen LogP contribution in [0.1, 0.15) is 13.3 Å². The van der Waals surface area contributed by atoms with Crippen LogP contribution < -0.4 is 0 Å². The summed E-state index contributed by atoms with van der Waals surface area (Å²) in [4.78, 5) is 12.3. The first kappa shape index (κ1) is 9.43. The molecule has 0 aliphatic heterocycles. The lowest BCUT2D eigenvalue weighted by Crippen LogP contribution is -2.25. The van der Waals surface area contributed by atoms with Crippen LogP contribution in [-0.2, 0) is 9.53 Å². The molecule has 0 fully saturated rings. The number of carbonyl (C=O) groups excluding carboxylic acids is 1. The predicted octanol–water partition coefficient (Wildman–Crippen LogP) is 0.501. The fourth-order valence-corrected chi connectivity index (χ4v) is 0.604. The third-order valence-electron chi connectivity index (χ3n) is 1.38. The average molecular weight is 145 g/mol. The van der Waals surface area contributed by atoms with E-state index in [0.29, 0.717) is 0 Å². The van der Waals surface area contributed by atoms with E-state index >= 15 is 0 Å². The monoisotopic (exact) mass is 145 g/mol. The van der Waals surface area contributed by atoms with Gasteiger partial charge in [-0.2, -0.15) is 0 Å². The van der Waals surface area contributed by atoms with Gasteiger partial charge in [0.2, 0.25) is 5.91 Å². The van der Waals surface area contributed by atoms with Crippen molar-refractivity contribution in [3.8, 4) is 0 Å². The van der Waals surface area contributed by atoms with Crippen LogP contribution in [0.4, 0.5) is 0 Å². The summed E-state index contributed by atoms with van der Waals surface area (Å²) in [6.45, 7) is 3.06. The van der Waals surface area contributed by atoms with E-state index in [1.807, 2.05) is 0 Å². The van der Waals surface area contributed by atoms with Gasteiger partial charge in [0.1, 0.15) is 0 Å². The zero-order valence-corrected chi connectivity index (χ0v) is 6.89. The summed E-state index contributed by atoms with van der Waals surface area (Å²) in [6.07, 6.45) is 0.909. The summed E-state index contributed by atoms with van der Waals surface area (Å²) in [7, 11) is 3.45. The van der Waals surface area contributed by atoms with E-state index in [0.717, 1.165) is 19.6 Å². The van der Waals surface area contributed by atoms with Gasteiger partial charge in [-0.3, -0.25) is 4.79 Å². The fourth-order valence-electron chi connectivity index (χ4n) is 0.604. The predicted molar refractivity (Wildman–Crippen MR) is 39.8 cm³/mol. The zero-order valence-electron chi connectivity index (χ0n) is 6.89. The lowest BCUT2D eigenvalue weighted by atomic mass is 10.4. The third-order valence-corrected chi connectivity index (χ3v) is 1.38. The Labute approximate surface area is 62.0 Å². The molecule has 60 valence electrons. The molecule has 0 rings (SSSR count). The van der Waals surface area contributed by atoms with E-state index in [-0.39, 0.29) is 5.91 Å². The van der Waals surface area contributed by atoms with Gasteiger partial charge in [-0.15, -0.1) is 0 Å². The third kappa shape index (κ3) is 4.32. The van der Waals surface area contributed by atoms with Gasteiger partial charge < -0.3 is 9.64 Å². The zero-order chi connectivity index (χ0) is 7.98. The van der Waals surface area contributed by atoms with Crippen molar-refractivity contribution in [2.45, 2.75) is 13.3 Å². The summed E-state index contributed by atoms with van der Waals surface area (Å²) < 4.78 is 4.83. The molecule has 0 bridgehead atoms. The fraction of sp³-hybridized carbons (Fsp3) is 0.857. The topological polar surface area (TPSA) is 29.5 Å². The minimum absolute atomic E-state index is 0.108. The Balaban J connectivity index is 3.21. The highest BCUT2D eigenvalue weighted by Gasteiger charge is 1.99. The van der Waals surface area contributed by atoms with Crippen LogP contribution in [0, 0.1) is 0 Å². The number of amides is 1. The molecule has 0 spiro atoms. The van der Waals surface area contributed by atoms with E-state index in [4.69, 9.17) is 4.74 Å². The first-order valence-electron chi connectivity index (χ1n) is 3.39. The molecule has 3 nitrogen and oxygen atoms in total. The van der Waals surface area contributed by atoms with Crippen LogP contribution in [0.25, 0.3) is 0 Å². The van der Waals surface area contributed by atoms with Gasteiger partial charge >= 0.3 is 0 Å². The van der Waals surface area contributed by atoms with E-state index in [1.54, 1.807) is 26.0 Å². The lowest BCUT2D eigenvalue weighted by molar-refractivity contribution is -0.127. The van der Waals surface area contributed by atoms with Crippen molar-refractivity contribution in [1.82, 2.24) is 4.90 Å². The van der Waals surface area contributed by atoms with Crippen molar-refractivity contribution in [3.05, 3.63) is 0 Å². The first-order chi connectivity index (χ1) is 4.68. The van der Waals surface area contributed by atoms with Crippen molar-refractivity contribution >= 4 is 5.91 Å². The highest BCUT2D eigenvalue weighted by Crippen LogP contribution is 1.87. The second-order valence-electron chi connectivity index (χ2n) is 2.29. The first-order valence-corrected chi connectivity index (χ1v) is 3.39. The van der Waals surface area contributed by atoms with Crippen LogP contribution in [-0.4, -0.2) is 38.1 Å². The highest BCUT2D eigenvalue weighted by molar-refractivity contribution is 5.72. The largest absolute Gasteiger partial charge is 0.385 e. The number of ether oxygens (including phenoxy) is 1. The van der Waals surface area contributed by atoms with Crippen molar-refractivity contribution in [3.63, 3.8) is 0 Å². The number of methoxy groups -OCH3 is 1. The molecule has 0 N–H and O–H groups in total. The van der Waals surface area contributed by atoms with Gasteiger partial charge in [0.15, 0.2) is 0 Å². The van der Waals surface area contributed by atoms with Crippen LogP contribution in [0.2, 0.25) is 0 Å². The molecule has 0 aromatic carbocycles. The Kier molecular flexibility index (Phi) is 4.94. The van der Waals surface area contributed by atoms with Crippen molar-refractivity contribution < 1.29 is 9.53 Å². The van der Waals surface area contributed by atoms with Crippen LogP contribution in [0.3, 0.4) is 0 Å². The van der Waals surface area contributed by atoms with E-state index < -0.39 is 0 Å². The smallest absolute Gasteiger partial charge is 0.219 e. The minimum Gasteiger partial charge on any atom is -0.385 e. The Morgan fingerprint density at radius 2 is 2.20 bits per heavy atom. The number of rotatable bonds is 4. The van der Waals surface area contributed by atoms with Gasteiger partial charge in [0, 0.05) is 34.2 Å². The minimum atomic E-state index is 0.108. The SMILES string of the molecule is COCCCN(C)C(C)=O. The normalized spacial score (nSPS) is 9.50. The van der Waals surface area contributed by atoms with Gasteiger partial charge in [-0.25, -0.2) is 0 Å². The summed E-state index contributed by atoms with van der Waals surface area (Å²) >= 11 is 0. The molecule has 0 saturated heterocycles. The number of carbonyl (C=O) groups is 1. The molecule has 0 saturated carbocycles. The molecule has 0 unspecified atom stereocenters. The van der Waals surface area contributed by atoms with Gasteiger partial charge in [0.05, 0.1) is 0 Å². The molecule has 0 aliphatic rings. The molecule has 0 radical (unpaired) electrons. The molecule has 0 aliphatic carbocycles. The maximum Gasteiger partial charge on any atom is 0.219 e. The Bertz CT molecular complexity index is 104. The number of hydrogen-bond acceptors (Lipinski definition) is 2. The molecule has 0 aromatic heterocycles. The molecule has 0 atom stereocenters. The molecular formula is C7H15NO2. The van der Waals surface area contributed by atoms with Gasteiger partial charge in [-0.05, 0) is 6.42 Å². The van der Waals surface area contributed by atoms with Gasteiger partial charge in [0.25, 0.3) is 0 Å². The lowest BCUT2D eigenvalue weighted by Gasteiger charge is -2.13. The van der Waals surface area contributed by atoms with E-state index in [9.17, 15) is 4.79 Å². The standard InChI is InChI=1S/C7H15NO2/c1-7(9)8(2)5-4-6-10-3/h4-6H2,1-3H3. The second kappa shape index (κ2) is 5.23. The van der Waals surface area contributed by atoms with Crippen LogP contribution in [0.15, 0.2) is 0 Å². The molecule has 0 aromatic rings. The summed E-state index contributed by atoms with van der Waals surface area (Å²) in [6, 6.07) is 0. The Morgan fingerprint density at radius 1 is 1.60 bits per heavy atom. The Morgan fingerprint density at radius 3 is 2.60 bits per heavy atom. The molecule has 3 heteroatoms. The van der Waals surface area contributed by atoms with E-state index in [2.05, 4.69) is 0 Å². The number of nitrogens with zero attached hydrogens (tertiary/aromatic N) is 1. The van der Waals surface area contributed by atoms with Crippen molar-refractivity contribution in [1.29, 1.82) is 0 Å². The van der Waals surface area contributed by atoms with Crippen molar-refractivity contribution in [2.75, 3.05) is 27.3 Å². The van der Waals surface area contributed by atoms with Crippen LogP contribution >= 0.6 is 0 Å². The Hall–Kier alpha value is -0.570. The maximum absolute atomic E-state index is 10.6. The molecule has 10 heavy (non-hydrogen) atoms. The highest BCUT2D eigenvalue weighted by atomic mass is 16.5. The number of hydrogen-bond donors (Lipinski definition) is 0. The van der Waals surface area contributed by atoms with Crippen LogP contribution in [0.5, 0.6) is 0 Å². The summed E-state index contributed by atoms with van der Waals surface area (Å²) in [5, 5.41) is 0. The van der Waals surface area contributed by atoms with Crippen molar-refractivity contribution in [2.24, 2.45) is 0 Å².